The fourth-order valence-corrected chi connectivity index (χ4v) is 2.49. The lowest BCUT2D eigenvalue weighted by Gasteiger charge is -2.13. The van der Waals surface area contributed by atoms with E-state index in [0.29, 0.717) is 6.54 Å². The third-order valence-corrected chi connectivity index (χ3v) is 3.43. The Hall–Kier alpha value is -0.780. The highest BCUT2D eigenvalue weighted by Gasteiger charge is 2.25. The maximum atomic E-state index is 11.9. The van der Waals surface area contributed by atoms with E-state index in [-0.39, 0.29) is 24.4 Å². The number of hydrogen-bond donors (Lipinski definition) is 1. The minimum absolute atomic E-state index is 0. The van der Waals surface area contributed by atoms with Crippen LogP contribution in [0.4, 0.5) is 0 Å². The first kappa shape index (κ1) is 13.3. The van der Waals surface area contributed by atoms with Gasteiger partial charge in [-0.25, -0.2) is 0 Å². The number of rotatable bonds is 2. The Morgan fingerprint density at radius 2 is 2.44 bits per heavy atom. The second kappa shape index (κ2) is 5.52. The highest BCUT2D eigenvalue weighted by Crippen LogP contribution is 2.23. The van der Waals surface area contributed by atoms with Crippen molar-refractivity contribution in [1.82, 2.24) is 4.90 Å². The molecule has 6 heteroatoms. The summed E-state index contributed by atoms with van der Waals surface area (Å²) in [6.07, 6.45) is 0.897. The number of hydrogen-bond acceptors (Lipinski definition) is 4. The molecular weight excluding hydrogens is 248 g/mol. The second-order valence-corrected chi connectivity index (χ2v) is 4.56. The van der Waals surface area contributed by atoms with Crippen LogP contribution >= 0.6 is 23.7 Å². The first-order chi connectivity index (χ1) is 7.20. The molecule has 2 N–H and O–H groups in total. The molecule has 0 bridgehead atoms. The topological polar surface area (TPSA) is 55.6 Å². The largest absolute Gasteiger partial charge is 0.496 e. The first-order valence-corrected chi connectivity index (χ1v) is 5.76. The summed E-state index contributed by atoms with van der Waals surface area (Å²) in [6.45, 7) is 1.43. The molecule has 1 aliphatic heterocycles. The molecule has 1 aromatic heterocycles. The zero-order chi connectivity index (χ0) is 10.8. The Kier molecular flexibility index (Phi) is 4.58. The van der Waals surface area contributed by atoms with Crippen molar-refractivity contribution >= 4 is 29.7 Å². The van der Waals surface area contributed by atoms with Crippen molar-refractivity contribution in [2.24, 2.45) is 5.73 Å². The molecule has 2 rings (SSSR count). The Bertz CT molecular complexity index is 369. The average molecular weight is 263 g/mol. The highest BCUT2D eigenvalue weighted by atomic mass is 35.5. The molecule has 0 radical (unpaired) electrons. The Morgan fingerprint density at radius 3 is 2.94 bits per heavy atom. The molecule has 0 aromatic carbocycles. The van der Waals surface area contributed by atoms with E-state index in [1.165, 1.54) is 11.3 Å². The maximum Gasteiger partial charge on any atom is 0.264 e. The van der Waals surface area contributed by atoms with Crippen LogP contribution < -0.4 is 10.5 Å². The van der Waals surface area contributed by atoms with Crippen LogP contribution in [-0.2, 0) is 0 Å². The van der Waals surface area contributed by atoms with Gasteiger partial charge in [-0.15, -0.1) is 23.7 Å². The fraction of sp³-hybridized carbons (Fsp3) is 0.500. The molecule has 4 nitrogen and oxygen atoms in total. The standard InChI is InChI=1S/C10H14N2O2S.ClH/c1-14-8-4-9(15-6-8)10(13)12-3-2-7(11)5-12;/h4,6-7H,2-3,5,11H2,1H3;1H/t7-;/m0./s1. The lowest BCUT2D eigenvalue weighted by atomic mass is 10.3. The van der Waals surface area contributed by atoms with Gasteiger partial charge in [0.15, 0.2) is 0 Å². The Balaban J connectivity index is 0.00000128. The molecule has 0 spiro atoms. The summed E-state index contributed by atoms with van der Waals surface area (Å²) in [5.74, 6) is 0.808. The molecule has 0 unspecified atom stereocenters. The SMILES string of the molecule is COc1csc(C(=O)N2CC[C@H](N)C2)c1.Cl. The number of thiophene rings is 1. The van der Waals surface area contributed by atoms with Gasteiger partial charge in [-0.05, 0) is 6.42 Å². The number of amides is 1. The summed E-state index contributed by atoms with van der Waals surface area (Å²) in [5, 5.41) is 1.84. The number of carbonyl (C=O) groups excluding carboxylic acids is 1. The van der Waals surface area contributed by atoms with E-state index in [2.05, 4.69) is 0 Å². The van der Waals surface area contributed by atoms with E-state index in [1.54, 1.807) is 18.1 Å². The number of ether oxygens (including phenoxy) is 1. The van der Waals surface area contributed by atoms with Crippen molar-refractivity contribution < 1.29 is 9.53 Å². The summed E-state index contributed by atoms with van der Waals surface area (Å²) < 4.78 is 5.04. The number of methoxy groups -OCH3 is 1. The third kappa shape index (κ3) is 2.66. The number of nitrogens with two attached hydrogens (primary N) is 1. The molecule has 1 amide bonds. The van der Waals surface area contributed by atoms with Gasteiger partial charge in [0, 0.05) is 30.6 Å². The Morgan fingerprint density at radius 1 is 1.69 bits per heavy atom. The molecule has 2 heterocycles. The molecule has 1 aliphatic rings. The molecule has 16 heavy (non-hydrogen) atoms. The van der Waals surface area contributed by atoms with Crippen LogP contribution in [-0.4, -0.2) is 37.0 Å². The van der Waals surface area contributed by atoms with E-state index in [1.807, 2.05) is 5.38 Å². The van der Waals surface area contributed by atoms with Crippen molar-refractivity contribution in [3.63, 3.8) is 0 Å². The van der Waals surface area contributed by atoms with Crippen molar-refractivity contribution in [2.75, 3.05) is 20.2 Å². The van der Waals surface area contributed by atoms with Gasteiger partial charge in [0.25, 0.3) is 5.91 Å². The normalized spacial score (nSPS) is 19.4. The maximum absolute atomic E-state index is 11.9. The minimum atomic E-state index is 0. The average Bonchev–Trinajstić information content (AvgIpc) is 2.84. The predicted molar refractivity (Wildman–Crippen MR) is 66.6 cm³/mol. The molecule has 1 saturated heterocycles. The molecule has 1 fully saturated rings. The van der Waals surface area contributed by atoms with Gasteiger partial charge >= 0.3 is 0 Å². The van der Waals surface area contributed by atoms with Crippen LogP contribution in [0.1, 0.15) is 16.1 Å². The predicted octanol–water partition coefficient (Wildman–Crippen LogP) is 1.35. The zero-order valence-corrected chi connectivity index (χ0v) is 10.6. The number of likely N-dealkylation sites (tertiary alicyclic amines) is 1. The summed E-state index contributed by atoms with van der Waals surface area (Å²) in [4.78, 5) is 14.5. The van der Waals surface area contributed by atoms with E-state index in [4.69, 9.17) is 10.5 Å². The van der Waals surface area contributed by atoms with Crippen LogP contribution in [0.5, 0.6) is 5.75 Å². The van der Waals surface area contributed by atoms with Crippen LogP contribution in [0.25, 0.3) is 0 Å². The fourth-order valence-electron chi connectivity index (χ4n) is 1.67. The Labute approximate surface area is 105 Å². The molecule has 0 saturated carbocycles. The molecule has 1 atom stereocenters. The molecule has 0 aliphatic carbocycles. The molecular formula is C10H15ClN2O2S. The molecule has 1 aromatic rings. The van der Waals surface area contributed by atoms with E-state index in [0.717, 1.165) is 23.6 Å². The third-order valence-electron chi connectivity index (χ3n) is 2.53. The quantitative estimate of drug-likeness (QED) is 0.875. The van der Waals surface area contributed by atoms with Crippen LogP contribution in [0.3, 0.4) is 0 Å². The van der Waals surface area contributed by atoms with Gasteiger partial charge in [-0.1, -0.05) is 0 Å². The van der Waals surface area contributed by atoms with E-state index < -0.39 is 0 Å². The van der Waals surface area contributed by atoms with Gasteiger partial charge in [0.05, 0.1) is 12.0 Å². The van der Waals surface area contributed by atoms with Gasteiger partial charge in [-0.3, -0.25) is 4.79 Å². The number of nitrogens with zero attached hydrogens (tertiary/aromatic N) is 1. The summed E-state index contributed by atoms with van der Waals surface area (Å²) in [7, 11) is 1.60. The van der Waals surface area contributed by atoms with Crippen LogP contribution in [0.2, 0.25) is 0 Å². The minimum Gasteiger partial charge on any atom is -0.496 e. The summed E-state index contributed by atoms with van der Waals surface area (Å²) in [5.41, 5.74) is 5.76. The van der Waals surface area contributed by atoms with Crippen LogP contribution in [0.15, 0.2) is 11.4 Å². The van der Waals surface area contributed by atoms with Crippen molar-refractivity contribution in [1.29, 1.82) is 0 Å². The highest BCUT2D eigenvalue weighted by molar-refractivity contribution is 7.12. The van der Waals surface area contributed by atoms with Gasteiger partial charge < -0.3 is 15.4 Å². The van der Waals surface area contributed by atoms with Gasteiger partial charge in [0.2, 0.25) is 0 Å². The number of carbonyl (C=O) groups is 1. The lowest BCUT2D eigenvalue weighted by Crippen LogP contribution is -2.31. The van der Waals surface area contributed by atoms with Crippen molar-refractivity contribution in [3.05, 3.63) is 16.3 Å². The molecule has 90 valence electrons. The van der Waals surface area contributed by atoms with Gasteiger partial charge in [0.1, 0.15) is 5.75 Å². The number of halogens is 1. The summed E-state index contributed by atoms with van der Waals surface area (Å²) >= 11 is 1.41. The second-order valence-electron chi connectivity index (χ2n) is 3.65. The smallest absolute Gasteiger partial charge is 0.264 e. The van der Waals surface area contributed by atoms with Gasteiger partial charge in [-0.2, -0.15) is 0 Å². The monoisotopic (exact) mass is 262 g/mol. The first-order valence-electron chi connectivity index (χ1n) is 4.88. The van der Waals surface area contributed by atoms with E-state index >= 15 is 0 Å². The van der Waals surface area contributed by atoms with Crippen molar-refractivity contribution in [2.45, 2.75) is 12.5 Å². The van der Waals surface area contributed by atoms with Crippen LogP contribution in [0, 0.1) is 0 Å². The summed E-state index contributed by atoms with van der Waals surface area (Å²) in [6, 6.07) is 1.91. The van der Waals surface area contributed by atoms with Crippen molar-refractivity contribution in [3.8, 4) is 5.75 Å². The zero-order valence-electron chi connectivity index (χ0n) is 9.01. The lowest BCUT2D eigenvalue weighted by molar-refractivity contribution is 0.0795. The van der Waals surface area contributed by atoms with E-state index in [9.17, 15) is 4.79 Å².